The lowest BCUT2D eigenvalue weighted by Crippen LogP contribution is -2.46. The molecular weight excluding hydrogens is 346 g/mol. The van der Waals surface area contributed by atoms with Gasteiger partial charge in [0.2, 0.25) is 0 Å². The average molecular weight is 376 g/mol. The van der Waals surface area contributed by atoms with Gasteiger partial charge in [0.15, 0.2) is 6.29 Å². The van der Waals surface area contributed by atoms with Crippen molar-refractivity contribution < 1.29 is 9.47 Å². The van der Waals surface area contributed by atoms with Crippen molar-refractivity contribution in [1.29, 1.82) is 0 Å². The second-order valence-corrected chi connectivity index (χ2v) is 8.01. The molecular formula is C20H29N3O2S. The van der Waals surface area contributed by atoms with E-state index in [1.165, 1.54) is 41.7 Å². The van der Waals surface area contributed by atoms with Gasteiger partial charge in [-0.15, -0.1) is 0 Å². The number of ether oxygens (including phenoxy) is 2. The van der Waals surface area contributed by atoms with Gasteiger partial charge in [-0.25, -0.2) is 0 Å². The third-order valence-corrected chi connectivity index (χ3v) is 6.16. The van der Waals surface area contributed by atoms with Crippen LogP contribution in [0.2, 0.25) is 0 Å². The van der Waals surface area contributed by atoms with Gasteiger partial charge in [-0.3, -0.25) is 4.90 Å². The van der Waals surface area contributed by atoms with Gasteiger partial charge < -0.3 is 14.4 Å². The Kier molecular flexibility index (Phi) is 6.38. The first kappa shape index (κ1) is 18.2. The minimum absolute atomic E-state index is 0.0558. The number of hydrogen-bond acceptors (Lipinski definition) is 6. The third-order valence-electron chi connectivity index (χ3n) is 5.34. The largest absolute Gasteiger partial charge is 0.353 e. The summed E-state index contributed by atoms with van der Waals surface area (Å²) in [4.78, 5) is 5.01. The molecule has 2 aliphatic rings. The van der Waals surface area contributed by atoms with Crippen molar-refractivity contribution >= 4 is 27.4 Å². The molecule has 4 rings (SSSR count). The number of piperazine rings is 1. The molecule has 6 heteroatoms. The highest BCUT2D eigenvalue weighted by molar-refractivity contribution is 7.13. The first-order chi connectivity index (χ1) is 12.9. The summed E-state index contributed by atoms with van der Waals surface area (Å²) in [5, 5.41) is 1.30. The molecule has 0 bridgehead atoms. The first-order valence-corrected chi connectivity index (χ1v) is 10.7. The first-order valence-electron chi connectivity index (χ1n) is 9.95. The van der Waals surface area contributed by atoms with Crippen LogP contribution in [0.1, 0.15) is 32.1 Å². The van der Waals surface area contributed by atoms with Crippen LogP contribution in [0.25, 0.3) is 10.1 Å². The highest BCUT2D eigenvalue weighted by Gasteiger charge is 2.20. The van der Waals surface area contributed by atoms with E-state index in [9.17, 15) is 0 Å². The van der Waals surface area contributed by atoms with Crippen LogP contribution in [-0.4, -0.2) is 61.5 Å². The summed E-state index contributed by atoms with van der Waals surface area (Å²) < 4.78 is 17.4. The quantitative estimate of drug-likeness (QED) is 0.689. The van der Waals surface area contributed by atoms with Crippen molar-refractivity contribution in [3.05, 3.63) is 24.3 Å². The summed E-state index contributed by atoms with van der Waals surface area (Å²) in [7, 11) is 0. The smallest absolute Gasteiger partial charge is 0.157 e. The van der Waals surface area contributed by atoms with E-state index >= 15 is 0 Å². The normalized spacial score (nSPS) is 22.2. The molecule has 5 nitrogen and oxygen atoms in total. The molecule has 1 unspecified atom stereocenters. The predicted octanol–water partition coefficient (Wildman–Crippen LogP) is 3.74. The summed E-state index contributed by atoms with van der Waals surface area (Å²) in [5.74, 6) is 1.17. The zero-order chi connectivity index (χ0) is 17.6. The molecule has 0 radical (unpaired) electrons. The van der Waals surface area contributed by atoms with Crippen LogP contribution in [-0.2, 0) is 9.47 Å². The zero-order valence-electron chi connectivity index (χ0n) is 15.4. The van der Waals surface area contributed by atoms with E-state index in [4.69, 9.17) is 13.8 Å². The second-order valence-electron chi connectivity index (χ2n) is 7.21. The van der Waals surface area contributed by atoms with Crippen molar-refractivity contribution in [2.24, 2.45) is 0 Å². The minimum atomic E-state index is 0.0558. The van der Waals surface area contributed by atoms with Crippen molar-refractivity contribution in [2.45, 2.75) is 38.4 Å². The molecule has 1 aromatic heterocycles. The van der Waals surface area contributed by atoms with E-state index in [2.05, 4.69) is 34.1 Å². The van der Waals surface area contributed by atoms with Gasteiger partial charge >= 0.3 is 0 Å². The molecule has 2 saturated heterocycles. The Morgan fingerprint density at radius 1 is 1.12 bits per heavy atom. The highest BCUT2D eigenvalue weighted by atomic mass is 32.1. The Hall–Kier alpha value is -1.21. The SMILES string of the molecule is c1ccc2c(N3CCN(CCCCOC4CCCCO4)CC3)nsc2c1. The number of anilines is 1. The fraction of sp³-hybridized carbons (Fsp3) is 0.650. The van der Waals surface area contributed by atoms with Gasteiger partial charge in [-0.1, -0.05) is 12.1 Å². The lowest BCUT2D eigenvalue weighted by molar-refractivity contribution is -0.162. The maximum atomic E-state index is 5.82. The molecule has 1 aromatic carbocycles. The number of aromatic nitrogens is 1. The number of nitrogens with zero attached hydrogens (tertiary/aromatic N) is 3. The molecule has 2 fully saturated rings. The van der Waals surface area contributed by atoms with E-state index in [0.717, 1.165) is 52.2 Å². The van der Waals surface area contributed by atoms with Gasteiger partial charge in [0, 0.05) is 44.8 Å². The summed E-state index contributed by atoms with van der Waals surface area (Å²) in [6, 6.07) is 8.55. The zero-order valence-corrected chi connectivity index (χ0v) is 16.3. The fourth-order valence-corrected chi connectivity index (χ4v) is 4.57. The molecule has 1 atom stereocenters. The van der Waals surface area contributed by atoms with Crippen LogP contribution in [0.4, 0.5) is 5.82 Å². The predicted molar refractivity (Wildman–Crippen MR) is 107 cm³/mol. The van der Waals surface area contributed by atoms with E-state index in [1.807, 2.05) is 0 Å². The molecule has 26 heavy (non-hydrogen) atoms. The molecule has 2 aliphatic heterocycles. The lowest BCUT2D eigenvalue weighted by atomic mass is 10.2. The minimum Gasteiger partial charge on any atom is -0.353 e. The van der Waals surface area contributed by atoms with Crippen LogP contribution in [0.3, 0.4) is 0 Å². The highest BCUT2D eigenvalue weighted by Crippen LogP contribution is 2.29. The topological polar surface area (TPSA) is 37.8 Å². The van der Waals surface area contributed by atoms with Crippen molar-refractivity contribution in [3.8, 4) is 0 Å². The van der Waals surface area contributed by atoms with E-state index in [0.29, 0.717) is 0 Å². The summed E-state index contributed by atoms with van der Waals surface area (Å²) in [6.07, 6.45) is 5.86. The van der Waals surface area contributed by atoms with Gasteiger partial charge in [0.05, 0.1) is 4.70 Å². The Balaban J connectivity index is 1.15. The monoisotopic (exact) mass is 375 g/mol. The molecule has 0 N–H and O–H groups in total. The van der Waals surface area contributed by atoms with E-state index < -0.39 is 0 Å². The van der Waals surface area contributed by atoms with Crippen LogP contribution >= 0.6 is 11.5 Å². The van der Waals surface area contributed by atoms with Crippen molar-refractivity contribution in [1.82, 2.24) is 9.27 Å². The van der Waals surface area contributed by atoms with Gasteiger partial charge in [-0.05, 0) is 62.3 Å². The molecule has 0 aliphatic carbocycles. The van der Waals surface area contributed by atoms with Gasteiger partial charge in [-0.2, -0.15) is 4.37 Å². The molecule has 0 amide bonds. The van der Waals surface area contributed by atoms with Crippen LogP contribution < -0.4 is 4.90 Å². The number of rotatable bonds is 7. The second kappa shape index (κ2) is 9.13. The van der Waals surface area contributed by atoms with Crippen LogP contribution in [0, 0.1) is 0 Å². The number of benzene rings is 1. The molecule has 3 heterocycles. The van der Waals surface area contributed by atoms with Crippen molar-refractivity contribution in [2.75, 3.05) is 50.8 Å². The fourth-order valence-electron chi connectivity index (χ4n) is 3.78. The number of fused-ring (bicyclic) bond motifs is 1. The Morgan fingerprint density at radius 2 is 2.00 bits per heavy atom. The van der Waals surface area contributed by atoms with Gasteiger partial charge in [0.1, 0.15) is 5.82 Å². The molecule has 2 aromatic rings. The molecule has 0 spiro atoms. The summed E-state index contributed by atoms with van der Waals surface area (Å²) >= 11 is 1.61. The standard InChI is InChI=1S/C20H29N3O2S/c1-2-8-18-17(7-1)20(21-26-18)23-13-11-22(12-14-23)10-4-6-16-25-19-9-3-5-15-24-19/h1-2,7-8,19H,3-6,9-16H2. The Labute approximate surface area is 160 Å². The van der Waals surface area contributed by atoms with Crippen LogP contribution in [0.15, 0.2) is 24.3 Å². The number of unbranched alkanes of at least 4 members (excludes halogenated alkanes) is 1. The maximum absolute atomic E-state index is 5.82. The van der Waals surface area contributed by atoms with E-state index in [1.54, 1.807) is 11.5 Å². The van der Waals surface area contributed by atoms with Gasteiger partial charge in [0.25, 0.3) is 0 Å². The lowest BCUT2D eigenvalue weighted by Gasteiger charge is -2.35. The number of hydrogen-bond donors (Lipinski definition) is 0. The maximum Gasteiger partial charge on any atom is 0.157 e. The van der Waals surface area contributed by atoms with Crippen molar-refractivity contribution in [3.63, 3.8) is 0 Å². The molecule has 0 saturated carbocycles. The Bertz CT molecular complexity index is 679. The third kappa shape index (κ3) is 4.55. The summed E-state index contributed by atoms with van der Waals surface area (Å²) in [5.41, 5.74) is 0. The summed E-state index contributed by atoms with van der Waals surface area (Å²) in [6.45, 7) is 7.25. The Morgan fingerprint density at radius 3 is 2.85 bits per heavy atom. The van der Waals surface area contributed by atoms with Crippen LogP contribution in [0.5, 0.6) is 0 Å². The average Bonchev–Trinajstić information content (AvgIpc) is 3.13. The molecule has 142 valence electrons. The van der Waals surface area contributed by atoms with E-state index in [-0.39, 0.29) is 6.29 Å².